The van der Waals surface area contributed by atoms with Crippen LogP contribution >= 0.6 is 23.1 Å². The Hall–Kier alpha value is -2.72. The lowest BCUT2D eigenvalue weighted by Gasteiger charge is -2.37. The Morgan fingerprint density at radius 2 is 2.00 bits per heavy atom. The highest BCUT2D eigenvalue weighted by Crippen LogP contribution is 2.50. The van der Waals surface area contributed by atoms with Gasteiger partial charge in [-0.2, -0.15) is 0 Å². The molecule has 0 bridgehead atoms. The van der Waals surface area contributed by atoms with Crippen molar-refractivity contribution in [2.75, 3.05) is 25.9 Å². The summed E-state index contributed by atoms with van der Waals surface area (Å²) in [6.07, 6.45) is 11.3. The summed E-state index contributed by atoms with van der Waals surface area (Å²) in [5.41, 5.74) is 1.28. The molecular formula is C27H31N5O3S2. The largest absolute Gasteiger partial charge is 0.441 e. The number of hydrogen-bond donors (Lipinski definition) is 0. The quantitative estimate of drug-likeness (QED) is 0.381. The van der Waals surface area contributed by atoms with E-state index in [2.05, 4.69) is 16.9 Å². The number of thioether (sulfide) groups is 1. The van der Waals surface area contributed by atoms with Gasteiger partial charge in [0.05, 0.1) is 21.3 Å². The van der Waals surface area contributed by atoms with Crippen molar-refractivity contribution >= 4 is 45.3 Å². The number of rotatable bonds is 8. The number of aromatic nitrogens is 3. The lowest BCUT2D eigenvalue weighted by molar-refractivity contribution is 0.0553. The molecule has 6 rings (SSSR count). The van der Waals surface area contributed by atoms with Crippen LogP contribution in [0.15, 0.2) is 35.5 Å². The fourth-order valence-corrected chi connectivity index (χ4v) is 6.70. The predicted octanol–water partition coefficient (Wildman–Crippen LogP) is 4.82. The normalized spacial score (nSPS) is 20.8. The molecule has 2 aromatic heterocycles. The van der Waals surface area contributed by atoms with Gasteiger partial charge in [0.15, 0.2) is 0 Å². The third kappa shape index (κ3) is 4.93. The molecule has 3 fully saturated rings. The van der Waals surface area contributed by atoms with E-state index in [9.17, 15) is 9.59 Å². The Kier molecular flexibility index (Phi) is 6.56. The van der Waals surface area contributed by atoms with E-state index < -0.39 is 0 Å². The van der Waals surface area contributed by atoms with Crippen molar-refractivity contribution < 1.29 is 14.3 Å². The van der Waals surface area contributed by atoms with Crippen LogP contribution in [0.1, 0.15) is 53.8 Å². The van der Waals surface area contributed by atoms with Gasteiger partial charge >= 0.3 is 6.09 Å². The van der Waals surface area contributed by atoms with E-state index in [4.69, 9.17) is 9.72 Å². The zero-order chi connectivity index (χ0) is 25.6. The Balaban J connectivity index is 1.05. The first-order valence-electron chi connectivity index (χ1n) is 13.0. The Morgan fingerprint density at radius 1 is 1.22 bits per heavy atom. The fourth-order valence-electron chi connectivity index (χ4n) is 5.36. The van der Waals surface area contributed by atoms with Gasteiger partial charge in [0.1, 0.15) is 11.4 Å². The molecule has 37 heavy (non-hydrogen) atoms. The summed E-state index contributed by atoms with van der Waals surface area (Å²) in [7, 11) is 0. The number of hydrogen-bond acceptors (Lipinski definition) is 8. The minimum absolute atomic E-state index is 0.0142. The topological polar surface area (TPSA) is 88.5 Å². The molecule has 3 aliphatic rings. The molecule has 0 radical (unpaired) electrons. The summed E-state index contributed by atoms with van der Waals surface area (Å²) in [6.45, 7) is 3.89. The first kappa shape index (κ1) is 24.6. The Bertz CT molecular complexity index is 1320. The second-order valence-corrected chi connectivity index (χ2v) is 12.4. The molecule has 4 heterocycles. The molecule has 10 heteroatoms. The number of aryl methyl sites for hydroxylation is 2. The molecular weight excluding hydrogens is 506 g/mol. The van der Waals surface area contributed by atoms with Crippen molar-refractivity contribution in [3.63, 3.8) is 0 Å². The summed E-state index contributed by atoms with van der Waals surface area (Å²) in [6, 6.07) is 5.81. The lowest BCUT2D eigenvalue weighted by Crippen LogP contribution is -2.56. The van der Waals surface area contributed by atoms with Crippen molar-refractivity contribution in [3.8, 4) is 0 Å². The number of benzene rings is 1. The Labute approximate surface area is 224 Å². The van der Waals surface area contributed by atoms with Crippen LogP contribution in [-0.4, -0.2) is 74.3 Å². The summed E-state index contributed by atoms with van der Waals surface area (Å²) in [4.78, 5) is 44.0. The van der Waals surface area contributed by atoms with Gasteiger partial charge in [0, 0.05) is 48.9 Å². The highest BCUT2D eigenvalue weighted by atomic mass is 32.2. The molecule has 0 N–H and O–H groups in total. The number of piperazine rings is 1. The van der Waals surface area contributed by atoms with E-state index in [0.29, 0.717) is 31.1 Å². The number of carbonyl (C=O) groups excluding carboxylic acids is 2. The van der Waals surface area contributed by atoms with E-state index in [1.165, 1.54) is 0 Å². The number of carbonyl (C=O) groups is 2. The van der Waals surface area contributed by atoms with Crippen molar-refractivity contribution in [3.05, 3.63) is 47.0 Å². The average molecular weight is 538 g/mol. The Morgan fingerprint density at radius 3 is 2.76 bits per heavy atom. The maximum Gasteiger partial charge on any atom is 0.410 e. The summed E-state index contributed by atoms with van der Waals surface area (Å²) < 4.78 is 6.67. The zero-order valence-electron chi connectivity index (χ0n) is 21.2. The van der Waals surface area contributed by atoms with Crippen LogP contribution in [0, 0.1) is 5.92 Å². The number of nitrogens with zero attached hydrogens (tertiary/aromatic N) is 5. The van der Waals surface area contributed by atoms with Crippen LogP contribution in [0.3, 0.4) is 0 Å². The van der Waals surface area contributed by atoms with Crippen LogP contribution < -0.4 is 0 Å². The molecule has 2 saturated heterocycles. The van der Waals surface area contributed by atoms with Gasteiger partial charge in [0.2, 0.25) is 0 Å². The number of fused-ring (bicyclic) bond motifs is 3. The van der Waals surface area contributed by atoms with Gasteiger partial charge in [-0.1, -0.05) is 6.92 Å². The first-order valence-corrected chi connectivity index (χ1v) is 15.0. The van der Waals surface area contributed by atoms with E-state index in [1.54, 1.807) is 23.1 Å². The minimum Gasteiger partial charge on any atom is -0.441 e. The number of amides is 2. The molecule has 2 aliphatic heterocycles. The molecule has 0 unspecified atom stereocenters. The second kappa shape index (κ2) is 9.87. The summed E-state index contributed by atoms with van der Waals surface area (Å²) in [5.74, 6) is 1.48. The molecule has 194 valence electrons. The minimum atomic E-state index is -0.352. The van der Waals surface area contributed by atoms with Gasteiger partial charge in [-0.05, 0) is 62.5 Å². The van der Waals surface area contributed by atoms with Gasteiger partial charge in [-0.15, -0.1) is 23.1 Å². The molecule has 2 atom stereocenters. The van der Waals surface area contributed by atoms with Crippen LogP contribution in [0.25, 0.3) is 10.2 Å². The summed E-state index contributed by atoms with van der Waals surface area (Å²) >= 11 is 3.33. The molecule has 8 nitrogen and oxygen atoms in total. The molecule has 1 aromatic carbocycles. The van der Waals surface area contributed by atoms with E-state index in [0.717, 1.165) is 64.5 Å². The number of thiazole rings is 1. The third-order valence-electron chi connectivity index (χ3n) is 7.85. The zero-order valence-corrected chi connectivity index (χ0v) is 22.8. The standard InChI is InChI=1S/C27H31N5O3S2/c1-17(3-7-23-28-14-19(36-2)15-29-23)4-8-24-30-20-6-5-18(13-21(20)37-24)25(33)31-11-12-32-22(16-31)27(9-10-27)35-26(32)34/h5-6,13-15,17,22H,3-4,7-12,16H2,1-2H3/t17-,22-/m0/s1. The predicted molar refractivity (Wildman–Crippen MR) is 144 cm³/mol. The van der Waals surface area contributed by atoms with Gasteiger partial charge in [-0.25, -0.2) is 19.7 Å². The second-order valence-electron chi connectivity index (χ2n) is 10.4. The van der Waals surface area contributed by atoms with E-state index in [1.807, 2.05) is 46.6 Å². The van der Waals surface area contributed by atoms with Crippen LogP contribution in [0.4, 0.5) is 4.79 Å². The van der Waals surface area contributed by atoms with Crippen LogP contribution in [0.2, 0.25) is 0 Å². The van der Waals surface area contributed by atoms with Crippen molar-refractivity contribution in [1.29, 1.82) is 0 Å². The maximum atomic E-state index is 13.3. The first-order chi connectivity index (χ1) is 17.9. The van der Waals surface area contributed by atoms with E-state index in [-0.39, 0.29) is 23.6 Å². The molecule has 3 aromatic rings. The van der Waals surface area contributed by atoms with Crippen LogP contribution in [0.5, 0.6) is 0 Å². The van der Waals surface area contributed by atoms with Gasteiger partial charge in [0.25, 0.3) is 5.91 Å². The number of ether oxygens (including phenoxy) is 1. The van der Waals surface area contributed by atoms with Crippen molar-refractivity contribution in [1.82, 2.24) is 24.8 Å². The van der Waals surface area contributed by atoms with Crippen molar-refractivity contribution in [2.24, 2.45) is 5.92 Å². The molecule has 1 saturated carbocycles. The average Bonchev–Trinajstić information content (AvgIpc) is 3.49. The molecule has 1 spiro atoms. The fraction of sp³-hybridized carbons (Fsp3) is 0.519. The summed E-state index contributed by atoms with van der Waals surface area (Å²) in [5, 5.41) is 1.11. The molecule has 1 aliphatic carbocycles. The van der Waals surface area contributed by atoms with Gasteiger partial charge < -0.3 is 9.64 Å². The highest BCUT2D eigenvalue weighted by Gasteiger charge is 2.63. The van der Waals surface area contributed by atoms with E-state index >= 15 is 0 Å². The third-order valence-corrected chi connectivity index (χ3v) is 9.61. The maximum absolute atomic E-state index is 13.3. The smallest absolute Gasteiger partial charge is 0.410 e. The SMILES string of the molecule is CSc1cnc(CC[C@H](C)CCc2nc3ccc(C(=O)N4CCN5C(=O)OC6(CC6)[C@@H]5C4)cc3s2)nc1. The van der Waals surface area contributed by atoms with Crippen molar-refractivity contribution in [2.45, 2.75) is 62.0 Å². The highest BCUT2D eigenvalue weighted by molar-refractivity contribution is 7.98. The van der Waals surface area contributed by atoms with Gasteiger partial charge in [-0.3, -0.25) is 9.69 Å². The van der Waals surface area contributed by atoms with Crippen LogP contribution in [-0.2, 0) is 17.6 Å². The lowest BCUT2D eigenvalue weighted by atomic mass is 10.00. The monoisotopic (exact) mass is 537 g/mol. The molecule has 2 amide bonds.